The molecule has 0 spiro atoms. The molecule has 1 aromatic carbocycles. The van der Waals surface area contributed by atoms with Crippen LogP contribution in [-0.4, -0.2) is 64.9 Å². The van der Waals surface area contributed by atoms with Gasteiger partial charge in [-0.1, -0.05) is 12.1 Å². The van der Waals surface area contributed by atoms with Gasteiger partial charge in [-0.2, -0.15) is 0 Å². The van der Waals surface area contributed by atoms with E-state index in [1.54, 1.807) is 21.7 Å². The first-order valence-corrected chi connectivity index (χ1v) is 8.51. The van der Waals surface area contributed by atoms with Crippen LogP contribution in [0.15, 0.2) is 41.3 Å². The van der Waals surface area contributed by atoms with E-state index in [1.165, 1.54) is 6.07 Å². The van der Waals surface area contributed by atoms with Crippen LogP contribution < -0.4 is 10.7 Å². The largest absolute Gasteiger partial charge is 0.353 e. The fourth-order valence-electron chi connectivity index (χ4n) is 3.65. The lowest BCUT2D eigenvalue weighted by Crippen LogP contribution is -2.64. The third-order valence-electron chi connectivity index (χ3n) is 5.04. The number of piperazine rings is 2. The van der Waals surface area contributed by atoms with Gasteiger partial charge in [-0.3, -0.25) is 19.3 Å². The number of aromatic nitrogens is 1. The van der Waals surface area contributed by atoms with Crippen LogP contribution in [0.25, 0.3) is 10.9 Å². The van der Waals surface area contributed by atoms with E-state index in [9.17, 15) is 14.4 Å². The number of benzene rings is 1. The van der Waals surface area contributed by atoms with Crippen LogP contribution in [0.1, 0.15) is 0 Å². The van der Waals surface area contributed by atoms with E-state index >= 15 is 0 Å². The van der Waals surface area contributed by atoms with Crippen molar-refractivity contribution < 1.29 is 9.59 Å². The van der Waals surface area contributed by atoms with Crippen LogP contribution in [-0.2, 0) is 16.1 Å². The van der Waals surface area contributed by atoms with Crippen molar-refractivity contribution in [3.63, 3.8) is 0 Å². The van der Waals surface area contributed by atoms with Gasteiger partial charge in [0.1, 0.15) is 12.6 Å². The monoisotopic (exact) mass is 340 g/mol. The highest BCUT2D eigenvalue weighted by atomic mass is 16.2. The second kappa shape index (κ2) is 6.33. The Hall–Kier alpha value is -2.67. The average molecular weight is 340 g/mol. The zero-order valence-corrected chi connectivity index (χ0v) is 13.9. The first kappa shape index (κ1) is 15.8. The molecule has 0 radical (unpaired) electrons. The molecule has 25 heavy (non-hydrogen) atoms. The molecular weight excluding hydrogens is 320 g/mol. The second-order valence-electron chi connectivity index (χ2n) is 6.51. The maximum Gasteiger partial charge on any atom is 0.242 e. The van der Waals surface area contributed by atoms with Gasteiger partial charge in [0, 0.05) is 50.4 Å². The van der Waals surface area contributed by atoms with E-state index in [-0.39, 0.29) is 29.8 Å². The number of fused-ring (bicyclic) bond motifs is 2. The van der Waals surface area contributed by atoms with Crippen LogP contribution in [0.2, 0.25) is 0 Å². The van der Waals surface area contributed by atoms with Gasteiger partial charge in [0.05, 0.1) is 5.52 Å². The van der Waals surface area contributed by atoms with Gasteiger partial charge in [-0.25, -0.2) is 0 Å². The van der Waals surface area contributed by atoms with Gasteiger partial charge in [-0.15, -0.1) is 0 Å². The summed E-state index contributed by atoms with van der Waals surface area (Å²) in [5, 5.41) is 3.47. The highest BCUT2D eigenvalue weighted by molar-refractivity contribution is 5.85. The lowest BCUT2D eigenvalue weighted by molar-refractivity contribution is -0.140. The zero-order chi connectivity index (χ0) is 17.4. The fourth-order valence-corrected chi connectivity index (χ4v) is 3.65. The molecule has 2 saturated heterocycles. The highest BCUT2D eigenvalue weighted by Crippen LogP contribution is 2.14. The molecule has 1 N–H and O–H groups in total. The Morgan fingerprint density at radius 1 is 1.12 bits per heavy atom. The molecule has 3 heterocycles. The highest BCUT2D eigenvalue weighted by Gasteiger charge is 2.36. The van der Waals surface area contributed by atoms with E-state index in [4.69, 9.17) is 0 Å². The smallest absolute Gasteiger partial charge is 0.242 e. The van der Waals surface area contributed by atoms with Crippen LogP contribution >= 0.6 is 0 Å². The van der Waals surface area contributed by atoms with Gasteiger partial charge in [0.2, 0.25) is 11.8 Å². The Morgan fingerprint density at radius 2 is 1.96 bits per heavy atom. The maximum absolute atomic E-state index is 12.8. The molecule has 2 aromatic rings. The minimum Gasteiger partial charge on any atom is -0.353 e. The van der Waals surface area contributed by atoms with Crippen molar-refractivity contribution in [2.75, 3.05) is 32.7 Å². The van der Waals surface area contributed by atoms with E-state index in [0.717, 1.165) is 18.6 Å². The van der Waals surface area contributed by atoms with Crippen molar-refractivity contribution in [1.29, 1.82) is 0 Å². The van der Waals surface area contributed by atoms with E-state index in [0.29, 0.717) is 25.0 Å². The Kier molecular flexibility index (Phi) is 4.01. The minimum absolute atomic E-state index is 0.00226. The summed E-state index contributed by atoms with van der Waals surface area (Å²) in [7, 11) is 0. The van der Waals surface area contributed by atoms with Crippen LogP contribution in [0.5, 0.6) is 0 Å². The zero-order valence-electron chi connectivity index (χ0n) is 13.9. The topological polar surface area (TPSA) is 74.7 Å². The molecule has 4 rings (SSSR count). The molecule has 0 saturated carbocycles. The molecule has 0 unspecified atom stereocenters. The summed E-state index contributed by atoms with van der Waals surface area (Å²) in [5.74, 6) is -0.0376. The van der Waals surface area contributed by atoms with Crippen molar-refractivity contribution in [2.24, 2.45) is 0 Å². The van der Waals surface area contributed by atoms with Crippen molar-refractivity contribution in [2.45, 2.75) is 12.6 Å². The third-order valence-corrected chi connectivity index (χ3v) is 5.04. The SMILES string of the molecule is O=C1NCCN2CCN(C(=O)Cn3ccc(=O)c4ccccc43)C[C@H]12. The molecule has 7 heteroatoms. The quantitative estimate of drug-likeness (QED) is 0.811. The molecule has 130 valence electrons. The number of pyridine rings is 1. The lowest BCUT2D eigenvalue weighted by atomic mass is 10.1. The molecule has 1 atom stereocenters. The summed E-state index contributed by atoms with van der Waals surface area (Å²) in [4.78, 5) is 40.6. The molecule has 2 aliphatic heterocycles. The molecule has 2 fully saturated rings. The number of amides is 2. The number of carbonyl (C=O) groups is 2. The predicted molar refractivity (Wildman–Crippen MR) is 93.2 cm³/mol. The predicted octanol–water partition coefficient (Wildman–Crippen LogP) is -0.356. The fraction of sp³-hybridized carbons (Fsp3) is 0.389. The van der Waals surface area contributed by atoms with Crippen LogP contribution in [0.3, 0.4) is 0 Å². The van der Waals surface area contributed by atoms with E-state index in [2.05, 4.69) is 10.2 Å². The molecule has 2 amide bonds. The Bertz CT molecular complexity index is 891. The third kappa shape index (κ3) is 2.91. The number of nitrogens with one attached hydrogen (secondary N) is 1. The van der Waals surface area contributed by atoms with E-state index in [1.807, 2.05) is 18.2 Å². The van der Waals surface area contributed by atoms with Gasteiger partial charge in [-0.05, 0) is 12.1 Å². The summed E-state index contributed by atoms with van der Waals surface area (Å²) in [6.45, 7) is 3.43. The number of carbonyl (C=O) groups excluding carboxylic acids is 2. The maximum atomic E-state index is 12.8. The first-order chi connectivity index (χ1) is 12.1. The number of para-hydroxylation sites is 1. The summed E-state index contributed by atoms with van der Waals surface area (Å²) in [5.41, 5.74) is 0.698. The Morgan fingerprint density at radius 3 is 2.84 bits per heavy atom. The molecule has 2 aliphatic rings. The van der Waals surface area contributed by atoms with Gasteiger partial charge >= 0.3 is 0 Å². The van der Waals surface area contributed by atoms with Crippen molar-refractivity contribution in [3.8, 4) is 0 Å². The Balaban J connectivity index is 1.54. The number of hydrogen-bond acceptors (Lipinski definition) is 4. The number of hydrogen-bond donors (Lipinski definition) is 1. The second-order valence-corrected chi connectivity index (χ2v) is 6.51. The number of rotatable bonds is 2. The summed E-state index contributed by atoms with van der Waals surface area (Å²) >= 11 is 0. The first-order valence-electron chi connectivity index (χ1n) is 8.51. The summed E-state index contributed by atoms with van der Waals surface area (Å²) in [6.07, 6.45) is 1.66. The molecule has 1 aromatic heterocycles. The molecule has 7 nitrogen and oxygen atoms in total. The molecular formula is C18H20N4O3. The normalized spacial score (nSPS) is 21.0. The average Bonchev–Trinajstić information content (AvgIpc) is 2.64. The molecule has 0 bridgehead atoms. The van der Waals surface area contributed by atoms with Crippen LogP contribution in [0.4, 0.5) is 0 Å². The lowest BCUT2D eigenvalue weighted by Gasteiger charge is -2.43. The van der Waals surface area contributed by atoms with Crippen molar-refractivity contribution in [3.05, 3.63) is 46.8 Å². The summed E-state index contributed by atoms with van der Waals surface area (Å²) < 4.78 is 1.80. The van der Waals surface area contributed by atoms with Gasteiger partial charge < -0.3 is 14.8 Å². The minimum atomic E-state index is -0.253. The number of nitrogens with zero attached hydrogens (tertiary/aromatic N) is 3. The van der Waals surface area contributed by atoms with Crippen molar-refractivity contribution in [1.82, 2.24) is 19.7 Å². The summed E-state index contributed by atoms with van der Waals surface area (Å²) in [6, 6.07) is 8.52. The van der Waals surface area contributed by atoms with Crippen LogP contribution in [0, 0.1) is 0 Å². The van der Waals surface area contributed by atoms with E-state index < -0.39 is 0 Å². The van der Waals surface area contributed by atoms with Gasteiger partial charge in [0.25, 0.3) is 0 Å². The Labute approximate surface area is 144 Å². The molecule has 0 aliphatic carbocycles. The standard InChI is InChI=1S/C18H20N4O3/c23-16-5-7-21(14-4-2-1-3-13(14)16)12-17(24)22-10-9-20-8-6-19-18(25)15(20)11-22/h1-5,7,15H,6,8-12H2,(H,19,25)/t15-/m1/s1. The van der Waals surface area contributed by atoms with Gasteiger partial charge in [0.15, 0.2) is 5.43 Å². The van der Waals surface area contributed by atoms with Crippen molar-refractivity contribution >= 4 is 22.7 Å².